The van der Waals surface area contributed by atoms with E-state index in [1.165, 1.54) is 0 Å². The minimum absolute atomic E-state index is 0.536. The number of benzene rings is 2. The molecule has 0 fully saturated rings. The Bertz CT molecular complexity index is 573. The number of hydrogen-bond acceptors (Lipinski definition) is 1. The van der Waals surface area contributed by atoms with Crippen molar-refractivity contribution in [2.24, 2.45) is 0 Å². The van der Waals surface area contributed by atoms with Crippen molar-refractivity contribution in [2.75, 3.05) is 0 Å². The summed E-state index contributed by atoms with van der Waals surface area (Å²) >= 11 is 0. The molecule has 98 valence electrons. The number of aliphatic hydroxyl groups is 1. The Morgan fingerprint density at radius 2 is 1.26 bits per heavy atom. The van der Waals surface area contributed by atoms with Crippen molar-refractivity contribution < 1.29 is 18.3 Å². The van der Waals surface area contributed by atoms with Crippen molar-refractivity contribution in [2.45, 2.75) is 18.2 Å². The molecule has 1 atom stereocenters. The van der Waals surface area contributed by atoms with Gasteiger partial charge in [0, 0.05) is 5.92 Å². The van der Waals surface area contributed by atoms with Gasteiger partial charge in [0.15, 0.2) is 6.10 Å². The quantitative estimate of drug-likeness (QED) is 0.832. The molecule has 0 bridgehead atoms. The number of halogens is 3. The van der Waals surface area contributed by atoms with E-state index in [2.05, 4.69) is 0 Å². The highest BCUT2D eigenvalue weighted by molar-refractivity contribution is 5.79. The molecule has 0 aromatic heterocycles. The van der Waals surface area contributed by atoms with E-state index in [1.807, 2.05) is 0 Å². The zero-order valence-corrected chi connectivity index (χ0v) is 9.85. The zero-order chi connectivity index (χ0) is 13.6. The average Bonchev–Trinajstić information content (AvgIpc) is 2.71. The van der Waals surface area contributed by atoms with Gasteiger partial charge in [-0.3, -0.25) is 0 Å². The predicted molar refractivity (Wildman–Crippen MR) is 65.8 cm³/mol. The van der Waals surface area contributed by atoms with Gasteiger partial charge in [-0.05, 0) is 22.3 Å². The number of aliphatic hydroxyl groups excluding tert-OH is 1. The highest BCUT2D eigenvalue weighted by Crippen LogP contribution is 2.48. The van der Waals surface area contributed by atoms with Gasteiger partial charge in [-0.15, -0.1) is 0 Å². The lowest BCUT2D eigenvalue weighted by Crippen LogP contribution is -2.34. The van der Waals surface area contributed by atoms with E-state index in [9.17, 15) is 18.3 Å². The minimum atomic E-state index is -4.63. The average molecular weight is 264 g/mol. The number of fused-ring (bicyclic) bond motifs is 3. The van der Waals surface area contributed by atoms with Crippen LogP contribution in [0.25, 0.3) is 11.1 Å². The van der Waals surface area contributed by atoms with Crippen LogP contribution in [0.5, 0.6) is 0 Å². The van der Waals surface area contributed by atoms with Gasteiger partial charge in [-0.1, -0.05) is 48.5 Å². The van der Waals surface area contributed by atoms with Gasteiger partial charge >= 0.3 is 6.18 Å². The Balaban J connectivity index is 2.20. The lowest BCUT2D eigenvalue weighted by Gasteiger charge is -2.22. The standard InChI is InChI=1S/C15H11F3O/c16-15(17,18)14(19)13-11-7-3-1-5-9(11)10-6-2-4-8-12(10)13/h1-8,13-14,19H. The molecule has 1 unspecified atom stereocenters. The molecule has 2 aromatic rings. The van der Waals surface area contributed by atoms with E-state index < -0.39 is 18.2 Å². The van der Waals surface area contributed by atoms with Crippen molar-refractivity contribution in [3.05, 3.63) is 59.7 Å². The fourth-order valence-corrected chi connectivity index (χ4v) is 2.72. The van der Waals surface area contributed by atoms with Crippen LogP contribution in [-0.4, -0.2) is 17.4 Å². The Morgan fingerprint density at radius 3 is 1.68 bits per heavy atom. The molecule has 0 saturated heterocycles. The summed E-state index contributed by atoms with van der Waals surface area (Å²) in [7, 11) is 0. The first-order valence-electron chi connectivity index (χ1n) is 5.93. The van der Waals surface area contributed by atoms with Crippen LogP contribution in [-0.2, 0) is 0 Å². The van der Waals surface area contributed by atoms with E-state index in [0.717, 1.165) is 11.1 Å². The van der Waals surface area contributed by atoms with Crippen molar-refractivity contribution in [1.82, 2.24) is 0 Å². The number of rotatable bonds is 1. The van der Waals surface area contributed by atoms with Crippen molar-refractivity contribution in [3.8, 4) is 11.1 Å². The first kappa shape index (κ1) is 12.2. The summed E-state index contributed by atoms with van der Waals surface area (Å²) in [6.45, 7) is 0. The van der Waals surface area contributed by atoms with Crippen LogP contribution < -0.4 is 0 Å². The fourth-order valence-electron chi connectivity index (χ4n) is 2.72. The van der Waals surface area contributed by atoms with Crippen LogP contribution in [0.2, 0.25) is 0 Å². The molecule has 2 aromatic carbocycles. The molecule has 0 radical (unpaired) electrons. The van der Waals surface area contributed by atoms with Crippen LogP contribution in [0.3, 0.4) is 0 Å². The van der Waals surface area contributed by atoms with E-state index in [4.69, 9.17) is 0 Å². The highest BCUT2D eigenvalue weighted by atomic mass is 19.4. The summed E-state index contributed by atoms with van der Waals surface area (Å²) in [5.74, 6) is -1.03. The summed E-state index contributed by atoms with van der Waals surface area (Å²) < 4.78 is 38.5. The molecule has 0 aliphatic heterocycles. The largest absolute Gasteiger partial charge is 0.415 e. The summed E-state index contributed by atoms with van der Waals surface area (Å²) in [5.41, 5.74) is 2.61. The molecule has 3 rings (SSSR count). The van der Waals surface area contributed by atoms with Crippen LogP contribution in [0, 0.1) is 0 Å². The Hall–Kier alpha value is -1.81. The van der Waals surface area contributed by atoms with E-state index in [1.54, 1.807) is 48.5 Å². The third-order valence-corrected chi connectivity index (χ3v) is 3.53. The first-order valence-corrected chi connectivity index (χ1v) is 5.93. The van der Waals surface area contributed by atoms with Crippen LogP contribution >= 0.6 is 0 Å². The first-order chi connectivity index (χ1) is 9.00. The van der Waals surface area contributed by atoms with Crippen LogP contribution in [0.15, 0.2) is 48.5 Å². The number of alkyl halides is 3. The van der Waals surface area contributed by atoms with Gasteiger partial charge in [0.1, 0.15) is 0 Å². The Kier molecular flexibility index (Phi) is 2.64. The predicted octanol–water partition coefficient (Wildman–Crippen LogP) is 3.72. The maximum atomic E-state index is 12.8. The van der Waals surface area contributed by atoms with Gasteiger partial charge in [0.25, 0.3) is 0 Å². The second kappa shape index (κ2) is 4.10. The van der Waals surface area contributed by atoms with Crippen LogP contribution in [0.4, 0.5) is 13.2 Å². The van der Waals surface area contributed by atoms with E-state index >= 15 is 0 Å². The smallest absolute Gasteiger partial charge is 0.383 e. The molecule has 0 heterocycles. The molecule has 1 nitrogen and oxygen atoms in total. The third kappa shape index (κ3) is 1.83. The van der Waals surface area contributed by atoms with Crippen molar-refractivity contribution >= 4 is 0 Å². The zero-order valence-electron chi connectivity index (χ0n) is 9.85. The van der Waals surface area contributed by atoms with Gasteiger partial charge < -0.3 is 5.11 Å². The second-order valence-electron chi connectivity index (χ2n) is 4.64. The van der Waals surface area contributed by atoms with Gasteiger partial charge in [0.05, 0.1) is 0 Å². The molecular formula is C15H11F3O. The molecular weight excluding hydrogens is 253 g/mol. The maximum Gasteiger partial charge on any atom is 0.415 e. The van der Waals surface area contributed by atoms with E-state index in [0.29, 0.717) is 11.1 Å². The lowest BCUT2D eigenvalue weighted by molar-refractivity contribution is -0.207. The monoisotopic (exact) mass is 264 g/mol. The summed E-state index contributed by atoms with van der Waals surface area (Å²) in [6, 6.07) is 13.8. The fraction of sp³-hybridized carbons (Fsp3) is 0.200. The van der Waals surface area contributed by atoms with Crippen molar-refractivity contribution in [3.63, 3.8) is 0 Å². The summed E-state index contributed by atoms with van der Waals surface area (Å²) in [6.07, 6.45) is -7.01. The molecule has 19 heavy (non-hydrogen) atoms. The van der Waals surface area contributed by atoms with Gasteiger partial charge in [0.2, 0.25) is 0 Å². The molecule has 0 amide bonds. The van der Waals surface area contributed by atoms with Gasteiger partial charge in [-0.2, -0.15) is 13.2 Å². The third-order valence-electron chi connectivity index (χ3n) is 3.53. The molecule has 1 aliphatic carbocycles. The maximum absolute atomic E-state index is 12.8. The molecule has 1 N–H and O–H groups in total. The highest BCUT2D eigenvalue weighted by Gasteiger charge is 2.47. The van der Waals surface area contributed by atoms with E-state index in [-0.39, 0.29) is 0 Å². The minimum Gasteiger partial charge on any atom is -0.383 e. The molecule has 0 spiro atoms. The molecule has 4 heteroatoms. The SMILES string of the molecule is OC(C1c2ccccc2-c2ccccc21)C(F)(F)F. The normalized spacial score (nSPS) is 16.0. The Labute approximate surface area is 108 Å². The van der Waals surface area contributed by atoms with Gasteiger partial charge in [-0.25, -0.2) is 0 Å². The second-order valence-corrected chi connectivity index (χ2v) is 4.64. The molecule has 1 aliphatic rings. The van der Waals surface area contributed by atoms with Crippen LogP contribution in [0.1, 0.15) is 17.0 Å². The van der Waals surface area contributed by atoms with Crippen molar-refractivity contribution in [1.29, 1.82) is 0 Å². The lowest BCUT2D eigenvalue weighted by atomic mass is 9.91. The Morgan fingerprint density at radius 1 is 0.842 bits per heavy atom. The number of hydrogen-bond donors (Lipinski definition) is 1. The molecule has 0 saturated carbocycles. The topological polar surface area (TPSA) is 20.2 Å². The summed E-state index contributed by atoms with van der Waals surface area (Å²) in [5, 5.41) is 9.65. The summed E-state index contributed by atoms with van der Waals surface area (Å²) in [4.78, 5) is 0.